The smallest absolute Gasteiger partial charge is 0.164 e. The Hall–Kier alpha value is -9.19. The van der Waals surface area contributed by atoms with E-state index in [1.807, 2.05) is 18.2 Å². The summed E-state index contributed by atoms with van der Waals surface area (Å²) >= 11 is 0. The monoisotopic (exact) mass is 867 g/mol. The van der Waals surface area contributed by atoms with Crippen molar-refractivity contribution in [3.8, 4) is 78.9 Å². The van der Waals surface area contributed by atoms with Crippen LogP contribution in [0.4, 0.5) is 0 Å². The van der Waals surface area contributed by atoms with E-state index in [0.29, 0.717) is 17.5 Å². The van der Waals surface area contributed by atoms with Crippen LogP contribution in [0.3, 0.4) is 0 Å². The molecule has 3 heterocycles. The van der Waals surface area contributed by atoms with Gasteiger partial charge in [-0.1, -0.05) is 212 Å². The standard InChI is InChI=1S/C63H41N5/c1-4-18-43(19-5-1)49-38-36-47(40-59(49)67-55-28-14-10-24-51(55)52-25-11-15-29-56(52)67)42-32-34-46(35-33-42)62-64-61(45-22-8-3-9-23-45)65-63(66-62)48-37-39-50(44-20-6-2-7-21-44)60(41-48)68-57-30-16-12-26-53(57)54-27-13-17-31-58(54)68/h1-41H. The van der Waals surface area contributed by atoms with Crippen LogP contribution in [-0.4, -0.2) is 24.1 Å². The zero-order valence-electron chi connectivity index (χ0n) is 36.9. The van der Waals surface area contributed by atoms with Gasteiger partial charge in [0.2, 0.25) is 0 Å². The first-order valence-electron chi connectivity index (χ1n) is 23.0. The van der Waals surface area contributed by atoms with Gasteiger partial charge in [-0.15, -0.1) is 0 Å². The van der Waals surface area contributed by atoms with Crippen molar-refractivity contribution in [3.05, 3.63) is 249 Å². The maximum Gasteiger partial charge on any atom is 0.164 e. The van der Waals surface area contributed by atoms with Crippen LogP contribution in [-0.2, 0) is 0 Å². The summed E-state index contributed by atoms with van der Waals surface area (Å²) < 4.78 is 4.80. The van der Waals surface area contributed by atoms with Crippen LogP contribution in [0, 0.1) is 0 Å². The molecule has 0 aliphatic carbocycles. The summed E-state index contributed by atoms with van der Waals surface area (Å²) in [6.45, 7) is 0. The lowest BCUT2D eigenvalue weighted by atomic mass is 9.97. The normalized spacial score (nSPS) is 11.5. The van der Waals surface area contributed by atoms with Gasteiger partial charge in [0.15, 0.2) is 17.5 Å². The second-order valence-electron chi connectivity index (χ2n) is 17.2. The third-order valence-electron chi connectivity index (χ3n) is 13.2. The van der Waals surface area contributed by atoms with Crippen LogP contribution in [0.15, 0.2) is 249 Å². The van der Waals surface area contributed by atoms with Crippen LogP contribution < -0.4 is 0 Å². The fourth-order valence-corrected chi connectivity index (χ4v) is 10.0. The molecule has 318 valence electrons. The average molecular weight is 868 g/mol. The van der Waals surface area contributed by atoms with Crippen molar-refractivity contribution in [3.63, 3.8) is 0 Å². The van der Waals surface area contributed by atoms with E-state index in [1.165, 1.54) is 43.7 Å². The molecule has 0 saturated carbocycles. The van der Waals surface area contributed by atoms with E-state index in [4.69, 9.17) is 15.0 Å². The quantitative estimate of drug-likeness (QED) is 0.153. The van der Waals surface area contributed by atoms with Crippen LogP contribution in [0.1, 0.15) is 0 Å². The molecule has 0 N–H and O–H groups in total. The van der Waals surface area contributed by atoms with Gasteiger partial charge in [0.1, 0.15) is 0 Å². The Morgan fingerprint density at radius 2 is 0.515 bits per heavy atom. The molecule has 0 unspecified atom stereocenters. The minimum atomic E-state index is 0.604. The Bertz CT molecular complexity index is 3900. The number of nitrogens with zero attached hydrogens (tertiary/aromatic N) is 5. The van der Waals surface area contributed by atoms with E-state index < -0.39 is 0 Å². The van der Waals surface area contributed by atoms with E-state index >= 15 is 0 Å². The first kappa shape index (κ1) is 39.2. The lowest BCUT2D eigenvalue weighted by molar-refractivity contribution is 1.07. The molecular formula is C63H41N5. The summed E-state index contributed by atoms with van der Waals surface area (Å²) in [6.07, 6.45) is 0. The summed E-state index contributed by atoms with van der Waals surface area (Å²) in [5.74, 6) is 1.83. The average Bonchev–Trinajstić information content (AvgIpc) is 3.94. The first-order valence-corrected chi connectivity index (χ1v) is 23.0. The molecule has 0 aliphatic heterocycles. The van der Waals surface area contributed by atoms with Crippen molar-refractivity contribution in [2.45, 2.75) is 0 Å². The predicted octanol–water partition coefficient (Wildman–Crippen LogP) is 16.1. The van der Waals surface area contributed by atoms with Gasteiger partial charge in [-0.05, 0) is 58.7 Å². The summed E-state index contributed by atoms with van der Waals surface area (Å²) in [5.41, 5.74) is 16.3. The first-order chi connectivity index (χ1) is 33.7. The van der Waals surface area contributed by atoms with Crippen molar-refractivity contribution in [2.24, 2.45) is 0 Å². The highest BCUT2D eigenvalue weighted by Crippen LogP contribution is 2.41. The summed E-state index contributed by atoms with van der Waals surface area (Å²) in [4.78, 5) is 15.6. The third-order valence-corrected chi connectivity index (χ3v) is 13.2. The van der Waals surface area contributed by atoms with Crippen molar-refractivity contribution in [2.75, 3.05) is 0 Å². The Morgan fingerprint density at radius 3 is 0.941 bits per heavy atom. The molecule has 5 nitrogen and oxygen atoms in total. The fourth-order valence-electron chi connectivity index (χ4n) is 10.0. The SMILES string of the molecule is c1ccc(-c2nc(-c3ccc(-c4ccc(-c5ccccc5)c(-n5c6ccccc6c6ccccc65)c4)cc3)nc(-c3ccc(-c4ccccc4)c(-n4c5ccccc5c5ccccc54)c3)n2)cc1. The minimum absolute atomic E-state index is 0.604. The zero-order chi connectivity index (χ0) is 45.0. The maximum atomic E-state index is 5.27. The van der Waals surface area contributed by atoms with Gasteiger partial charge >= 0.3 is 0 Å². The minimum Gasteiger partial charge on any atom is -0.309 e. The lowest BCUT2D eigenvalue weighted by Gasteiger charge is -2.17. The molecular weight excluding hydrogens is 827 g/mol. The number of fused-ring (bicyclic) bond motifs is 6. The van der Waals surface area contributed by atoms with Crippen LogP contribution in [0.5, 0.6) is 0 Å². The Morgan fingerprint density at radius 1 is 0.221 bits per heavy atom. The molecule has 0 aliphatic rings. The van der Waals surface area contributed by atoms with Crippen LogP contribution >= 0.6 is 0 Å². The van der Waals surface area contributed by atoms with E-state index in [1.54, 1.807) is 0 Å². The molecule has 0 saturated heterocycles. The Labute approximate surface area is 393 Å². The zero-order valence-corrected chi connectivity index (χ0v) is 36.9. The molecule has 13 aromatic rings. The number of hydrogen-bond acceptors (Lipinski definition) is 3. The van der Waals surface area contributed by atoms with Gasteiger partial charge in [-0.25, -0.2) is 15.0 Å². The molecule has 3 aromatic heterocycles. The molecule has 0 radical (unpaired) electrons. The molecule has 68 heavy (non-hydrogen) atoms. The highest BCUT2D eigenvalue weighted by Gasteiger charge is 2.20. The van der Waals surface area contributed by atoms with E-state index in [2.05, 4.69) is 240 Å². The van der Waals surface area contributed by atoms with E-state index in [0.717, 1.165) is 61.4 Å². The largest absolute Gasteiger partial charge is 0.309 e. The summed E-state index contributed by atoms with van der Waals surface area (Å²) in [5, 5.41) is 4.89. The number of rotatable bonds is 8. The highest BCUT2D eigenvalue weighted by atomic mass is 15.0. The second kappa shape index (κ2) is 16.4. The van der Waals surface area contributed by atoms with Gasteiger partial charge in [0.05, 0.1) is 33.4 Å². The van der Waals surface area contributed by atoms with Crippen molar-refractivity contribution in [1.82, 2.24) is 24.1 Å². The van der Waals surface area contributed by atoms with Gasteiger partial charge in [0, 0.05) is 49.4 Å². The fraction of sp³-hybridized carbons (Fsp3) is 0. The molecule has 13 rings (SSSR count). The molecule has 0 amide bonds. The second-order valence-corrected chi connectivity index (χ2v) is 17.2. The molecule has 5 heteroatoms. The summed E-state index contributed by atoms with van der Waals surface area (Å²) in [6, 6.07) is 88.2. The predicted molar refractivity (Wildman–Crippen MR) is 281 cm³/mol. The van der Waals surface area contributed by atoms with Crippen molar-refractivity contribution >= 4 is 43.6 Å². The van der Waals surface area contributed by atoms with E-state index in [9.17, 15) is 0 Å². The molecule has 0 atom stereocenters. The Kier molecular flexibility index (Phi) is 9.43. The number of benzene rings is 10. The number of hydrogen-bond donors (Lipinski definition) is 0. The van der Waals surface area contributed by atoms with Crippen molar-refractivity contribution in [1.29, 1.82) is 0 Å². The van der Waals surface area contributed by atoms with Gasteiger partial charge in [-0.2, -0.15) is 0 Å². The van der Waals surface area contributed by atoms with Gasteiger partial charge < -0.3 is 9.13 Å². The van der Waals surface area contributed by atoms with Crippen LogP contribution in [0.2, 0.25) is 0 Å². The highest BCUT2D eigenvalue weighted by molar-refractivity contribution is 6.11. The van der Waals surface area contributed by atoms with Crippen LogP contribution in [0.25, 0.3) is 123 Å². The maximum absolute atomic E-state index is 5.27. The van der Waals surface area contributed by atoms with Gasteiger partial charge in [0.25, 0.3) is 0 Å². The van der Waals surface area contributed by atoms with Gasteiger partial charge in [-0.3, -0.25) is 0 Å². The molecule has 10 aromatic carbocycles. The molecule has 0 spiro atoms. The Balaban J connectivity index is 0.952. The third kappa shape index (κ3) is 6.68. The molecule has 0 bridgehead atoms. The number of aromatic nitrogens is 5. The lowest BCUT2D eigenvalue weighted by Crippen LogP contribution is -2.02. The van der Waals surface area contributed by atoms with Crippen molar-refractivity contribution < 1.29 is 0 Å². The molecule has 0 fully saturated rings. The topological polar surface area (TPSA) is 48.5 Å². The number of para-hydroxylation sites is 4. The van der Waals surface area contributed by atoms with E-state index in [-0.39, 0.29) is 0 Å². The summed E-state index contributed by atoms with van der Waals surface area (Å²) in [7, 11) is 0.